The fourth-order valence-electron chi connectivity index (χ4n) is 2.47. The van der Waals surface area contributed by atoms with Gasteiger partial charge in [0.1, 0.15) is 0 Å². The Bertz CT molecular complexity index is 323. The van der Waals surface area contributed by atoms with Crippen LogP contribution in [0.3, 0.4) is 0 Å². The lowest BCUT2D eigenvalue weighted by atomic mass is 10.0. The van der Waals surface area contributed by atoms with E-state index in [0.717, 1.165) is 0 Å². The maximum atomic E-state index is 2.60. The Kier molecular flexibility index (Phi) is 4.17. The summed E-state index contributed by atoms with van der Waals surface area (Å²) >= 11 is 0. The molecule has 0 saturated carbocycles. The minimum absolute atomic E-state index is 0.478. The van der Waals surface area contributed by atoms with Crippen LogP contribution >= 0.6 is 0 Å². The van der Waals surface area contributed by atoms with Crippen LogP contribution in [0.1, 0.15) is 37.8 Å². The summed E-state index contributed by atoms with van der Waals surface area (Å²) in [4.78, 5) is 2.60. The van der Waals surface area contributed by atoms with E-state index in [4.69, 9.17) is 0 Å². The molecule has 16 heavy (non-hydrogen) atoms. The molecule has 86 valence electrons. The third-order valence-electron chi connectivity index (χ3n) is 3.30. The first-order valence-electron chi connectivity index (χ1n) is 6.33. The van der Waals surface area contributed by atoms with Crippen molar-refractivity contribution in [3.05, 3.63) is 48.0 Å². The van der Waals surface area contributed by atoms with Gasteiger partial charge in [0.05, 0.1) is 6.04 Å². The summed E-state index contributed by atoms with van der Waals surface area (Å²) in [6, 6.07) is 11.3. The van der Waals surface area contributed by atoms with Crippen molar-refractivity contribution in [2.75, 3.05) is 13.1 Å². The van der Waals surface area contributed by atoms with Crippen molar-refractivity contribution >= 4 is 0 Å². The van der Waals surface area contributed by atoms with Crippen molar-refractivity contribution in [3.8, 4) is 0 Å². The zero-order chi connectivity index (χ0) is 11.2. The molecular formula is C15H21N. The predicted molar refractivity (Wildman–Crippen MR) is 69.4 cm³/mol. The van der Waals surface area contributed by atoms with Gasteiger partial charge in [0, 0.05) is 0 Å². The average molecular weight is 215 g/mol. The monoisotopic (exact) mass is 215 g/mol. The number of piperidine rings is 1. The molecule has 0 radical (unpaired) electrons. The van der Waals surface area contributed by atoms with Crippen LogP contribution in [0.5, 0.6) is 0 Å². The van der Waals surface area contributed by atoms with Gasteiger partial charge >= 0.3 is 0 Å². The number of hydrogen-bond acceptors (Lipinski definition) is 1. The Labute approximate surface area is 98.8 Å². The molecule has 1 atom stereocenters. The zero-order valence-electron chi connectivity index (χ0n) is 10.1. The number of likely N-dealkylation sites (tertiary alicyclic amines) is 1. The molecule has 2 rings (SSSR count). The number of allylic oxidation sites excluding steroid dienone is 1. The molecule has 1 aromatic rings. The lowest BCUT2D eigenvalue weighted by molar-refractivity contribution is 0.192. The molecule has 1 aromatic carbocycles. The Morgan fingerprint density at radius 2 is 1.75 bits per heavy atom. The second-order valence-corrected chi connectivity index (χ2v) is 4.48. The highest BCUT2D eigenvalue weighted by Crippen LogP contribution is 2.25. The van der Waals surface area contributed by atoms with E-state index < -0.39 is 0 Å². The van der Waals surface area contributed by atoms with Gasteiger partial charge < -0.3 is 0 Å². The Hall–Kier alpha value is -1.08. The Morgan fingerprint density at radius 1 is 1.06 bits per heavy atom. The molecule has 1 saturated heterocycles. The molecule has 1 heteroatoms. The van der Waals surface area contributed by atoms with Gasteiger partial charge in [-0.05, 0) is 38.4 Å². The second kappa shape index (κ2) is 5.86. The second-order valence-electron chi connectivity index (χ2n) is 4.48. The lowest BCUT2D eigenvalue weighted by Crippen LogP contribution is -2.32. The van der Waals surface area contributed by atoms with E-state index in [1.54, 1.807) is 0 Å². The van der Waals surface area contributed by atoms with Crippen LogP contribution in [0, 0.1) is 0 Å². The zero-order valence-corrected chi connectivity index (χ0v) is 10.1. The van der Waals surface area contributed by atoms with Gasteiger partial charge in [0.25, 0.3) is 0 Å². The topological polar surface area (TPSA) is 3.24 Å². The summed E-state index contributed by atoms with van der Waals surface area (Å²) < 4.78 is 0. The van der Waals surface area contributed by atoms with Crippen molar-refractivity contribution < 1.29 is 0 Å². The lowest BCUT2D eigenvalue weighted by Gasteiger charge is -2.33. The maximum Gasteiger partial charge on any atom is 0.0531 e. The minimum Gasteiger partial charge on any atom is -0.293 e. The van der Waals surface area contributed by atoms with Gasteiger partial charge in [0.2, 0.25) is 0 Å². The largest absolute Gasteiger partial charge is 0.293 e. The molecule has 1 aliphatic heterocycles. The van der Waals surface area contributed by atoms with Crippen molar-refractivity contribution in [1.82, 2.24) is 4.90 Å². The average Bonchev–Trinajstić information content (AvgIpc) is 2.38. The summed E-state index contributed by atoms with van der Waals surface area (Å²) in [5, 5.41) is 0. The summed E-state index contributed by atoms with van der Waals surface area (Å²) in [6.45, 7) is 4.59. The molecule has 0 spiro atoms. The maximum absolute atomic E-state index is 2.60. The van der Waals surface area contributed by atoms with E-state index in [9.17, 15) is 0 Å². The first-order chi connectivity index (χ1) is 7.92. The molecule has 1 nitrogen and oxygen atoms in total. The highest BCUT2D eigenvalue weighted by Gasteiger charge is 2.19. The van der Waals surface area contributed by atoms with E-state index in [1.165, 1.54) is 37.9 Å². The van der Waals surface area contributed by atoms with E-state index in [-0.39, 0.29) is 0 Å². The van der Waals surface area contributed by atoms with Crippen molar-refractivity contribution in [2.24, 2.45) is 0 Å². The van der Waals surface area contributed by atoms with Gasteiger partial charge in [-0.3, -0.25) is 4.90 Å². The van der Waals surface area contributed by atoms with E-state index in [1.807, 2.05) is 0 Å². The van der Waals surface area contributed by atoms with Gasteiger partial charge in [-0.25, -0.2) is 0 Å². The first kappa shape index (κ1) is 11.4. The minimum atomic E-state index is 0.478. The van der Waals surface area contributed by atoms with E-state index in [2.05, 4.69) is 54.3 Å². The third-order valence-corrected chi connectivity index (χ3v) is 3.30. The summed E-state index contributed by atoms with van der Waals surface area (Å²) in [5.41, 5.74) is 1.42. The van der Waals surface area contributed by atoms with Crippen LogP contribution < -0.4 is 0 Å². The highest BCUT2D eigenvalue weighted by atomic mass is 15.2. The molecule has 0 bridgehead atoms. The number of hydrogen-bond donors (Lipinski definition) is 0. The summed E-state index contributed by atoms with van der Waals surface area (Å²) in [5.74, 6) is 0. The fourth-order valence-corrected chi connectivity index (χ4v) is 2.47. The molecule has 1 unspecified atom stereocenters. The quantitative estimate of drug-likeness (QED) is 0.693. The van der Waals surface area contributed by atoms with Crippen LogP contribution in [0.25, 0.3) is 0 Å². The van der Waals surface area contributed by atoms with Gasteiger partial charge in [-0.1, -0.05) is 48.9 Å². The highest BCUT2D eigenvalue weighted by molar-refractivity contribution is 5.23. The summed E-state index contributed by atoms with van der Waals surface area (Å²) in [7, 11) is 0. The fraction of sp³-hybridized carbons (Fsp3) is 0.467. The third kappa shape index (κ3) is 2.73. The van der Waals surface area contributed by atoms with Gasteiger partial charge in [-0.2, -0.15) is 0 Å². The van der Waals surface area contributed by atoms with Crippen LogP contribution in [0.4, 0.5) is 0 Å². The number of benzene rings is 1. The molecule has 1 aliphatic rings. The van der Waals surface area contributed by atoms with Crippen LogP contribution in [-0.4, -0.2) is 18.0 Å². The number of nitrogens with zero attached hydrogens (tertiary/aromatic N) is 1. The van der Waals surface area contributed by atoms with Crippen LogP contribution in [0.15, 0.2) is 42.5 Å². The molecule has 1 heterocycles. The van der Waals surface area contributed by atoms with Crippen molar-refractivity contribution in [3.63, 3.8) is 0 Å². The molecular weight excluding hydrogens is 194 g/mol. The Morgan fingerprint density at radius 3 is 2.38 bits per heavy atom. The van der Waals surface area contributed by atoms with Crippen molar-refractivity contribution in [1.29, 1.82) is 0 Å². The molecule has 0 aliphatic carbocycles. The molecule has 0 amide bonds. The standard InChI is InChI=1S/C15H21N/c1-2-9-15(14-10-5-3-6-11-14)16-12-7-4-8-13-16/h2-3,5-6,9-11,15H,4,7-8,12-13H2,1H3/b9-2+. The normalized spacial score (nSPS) is 20.1. The molecule has 0 N–H and O–H groups in total. The molecule has 1 fully saturated rings. The first-order valence-corrected chi connectivity index (χ1v) is 6.33. The van der Waals surface area contributed by atoms with E-state index in [0.29, 0.717) is 6.04 Å². The summed E-state index contributed by atoms with van der Waals surface area (Å²) in [6.07, 6.45) is 8.59. The molecule has 0 aromatic heterocycles. The van der Waals surface area contributed by atoms with Gasteiger partial charge in [-0.15, -0.1) is 0 Å². The predicted octanol–water partition coefficient (Wildman–Crippen LogP) is 3.79. The van der Waals surface area contributed by atoms with Crippen LogP contribution in [0.2, 0.25) is 0 Å². The number of rotatable bonds is 3. The van der Waals surface area contributed by atoms with E-state index >= 15 is 0 Å². The van der Waals surface area contributed by atoms with Crippen LogP contribution in [-0.2, 0) is 0 Å². The SMILES string of the molecule is C/C=C/C(c1ccccc1)N1CCCCC1. The van der Waals surface area contributed by atoms with Gasteiger partial charge in [0.15, 0.2) is 0 Å². The smallest absolute Gasteiger partial charge is 0.0531 e. The van der Waals surface area contributed by atoms with Crippen molar-refractivity contribution in [2.45, 2.75) is 32.2 Å². The Balaban J connectivity index is 2.16.